The van der Waals surface area contributed by atoms with Crippen LogP contribution in [0.1, 0.15) is 174 Å². The number of benzene rings is 3. The molecule has 1 spiro atoms. The number of dihydropyridines is 2. The monoisotopic (exact) mass is 1210 g/mol. The molecule has 0 saturated heterocycles. The largest absolute Gasteiger partial charge is 0.508 e. The number of phenols is 2. The average molecular weight is 1210 g/mol. The fourth-order valence-corrected chi connectivity index (χ4v) is 20.4. The maximum absolute atomic E-state index is 16.2. The van der Waals surface area contributed by atoms with Gasteiger partial charge in [0.05, 0.1) is 24.4 Å². The summed E-state index contributed by atoms with van der Waals surface area (Å²) in [6.07, 6.45) is 15.0. The maximum Gasteiger partial charge on any atom is 0.337 e. The summed E-state index contributed by atoms with van der Waals surface area (Å²) in [5.74, 6) is -3.46. The van der Waals surface area contributed by atoms with E-state index < -0.39 is 83.0 Å². The number of carbonyl (C=O) groups is 1. The molecule has 16 rings (SSSR count). The Morgan fingerprint density at radius 3 is 2.57 bits per heavy atom. The summed E-state index contributed by atoms with van der Waals surface area (Å²) in [6.45, 7) is 9.43. The van der Waals surface area contributed by atoms with Crippen molar-refractivity contribution in [2.45, 2.75) is 190 Å². The van der Waals surface area contributed by atoms with Crippen molar-refractivity contribution >= 4 is 16.9 Å². The normalized spacial score (nSPS) is 35.8. The number of nitrogens with two attached hydrogens (primary N) is 1. The van der Waals surface area contributed by atoms with E-state index in [0.29, 0.717) is 87.2 Å². The van der Waals surface area contributed by atoms with Crippen molar-refractivity contribution in [2.24, 2.45) is 47.2 Å². The summed E-state index contributed by atoms with van der Waals surface area (Å²) in [4.78, 5) is 31.0. The van der Waals surface area contributed by atoms with Gasteiger partial charge in [-0.05, 0) is 212 Å². The van der Waals surface area contributed by atoms with Gasteiger partial charge in [-0.15, -0.1) is 0 Å². The van der Waals surface area contributed by atoms with Gasteiger partial charge in [-0.1, -0.05) is 62.4 Å². The highest BCUT2D eigenvalue weighted by Gasteiger charge is 2.66. The van der Waals surface area contributed by atoms with E-state index in [4.69, 9.17) is 19.6 Å². The highest BCUT2D eigenvalue weighted by molar-refractivity contribution is 5.93. The number of ether oxygens (including phenoxy) is 2. The maximum atomic E-state index is 16.2. The summed E-state index contributed by atoms with van der Waals surface area (Å²) < 4.78 is 21.9. The number of hydrogen-bond donors (Lipinski definition) is 11. The van der Waals surface area contributed by atoms with Gasteiger partial charge in [-0.3, -0.25) is 10.1 Å². The zero-order valence-corrected chi connectivity index (χ0v) is 51.7. The van der Waals surface area contributed by atoms with Gasteiger partial charge in [0.25, 0.3) is 0 Å². The molecule has 0 amide bonds. The summed E-state index contributed by atoms with van der Waals surface area (Å²) >= 11 is 0. The molecule has 1 aromatic heterocycles. The first kappa shape index (κ1) is 58.7. The molecule has 17 unspecified atom stereocenters. The Balaban J connectivity index is 0.913. The zero-order valence-electron chi connectivity index (χ0n) is 51.7. The lowest BCUT2D eigenvalue weighted by Crippen LogP contribution is -2.59. The van der Waals surface area contributed by atoms with Gasteiger partial charge in [0, 0.05) is 60.2 Å². The van der Waals surface area contributed by atoms with Crippen LogP contribution in [0.3, 0.4) is 0 Å². The number of aromatic hydroxyl groups is 2. The number of fused-ring (bicyclic) bond motifs is 11. The van der Waals surface area contributed by atoms with Crippen LogP contribution in [0.4, 0.5) is 0 Å². The lowest BCUT2D eigenvalue weighted by molar-refractivity contribution is -0.172. The van der Waals surface area contributed by atoms with Crippen molar-refractivity contribution in [1.82, 2.24) is 16.0 Å². The Hall–Kier alpha value is -6.66. The number of aryl methyl sites for hydroxylation is 1. The molecular formula is C73H86N4O12. The third-order valence-electron chi connectivity index (χ3n) is 24.0. The van der Waals surface area contributed by atoms with Gasteiger partial charge < -0.3 is 66.0 Å². The van der Waals surface area contributed by atoms with Crippen molar-refractivity contribution in [2.75, 3.05) is 13.2 Å². The van der Waals surface area contributed by atoms with Gasteiger partial charge in [-0.2, -0.15) is 0 Å². The SMILES string of the molecule is CC=C(C(=O)OC1Cc2c3c(c4oc(CO)cc(=O)c4c2O)C2C4=CCNC(N)=C4C(CCc4ccc(O)cc4C2CO)C2CCC4=C5C=CC(C)NC5NC=C4CC2C1(C)O3)C1(O)CC2c3cccc4c3C3(CCC2C1C3)CC(CC(O)CC(C)C)C4O. The molecule has 16 nitrogen and oxygen atoms in total. The Labute approximate surface area is 519 Å². The van der Waals surface area contributed by atoms with Gasteiger partial charge in [-0.25, -0.2) is 4.79 Å². The van der Waals surface area contributed by atoms with Crippen molar-refractivity contribution in [3.8, 4) is 17.2 Å². The Morgan fingerprint density at radius 1 is 0.978 bits per heavy atom. The molecule has 7 aliphatic carbocycles. The van der Waals surface area contributed by atoms with Gasteiger partial charge in [0.1, 0.15) is 69.9 Å². The zero-order chi connectivity index (χ0) is 61.9. The first-order valence-corrected chi connectivity index (χ1v) is 33.0. The molecule has 6 heterocycles. The van der Waals surface area contributed by atoms with Gasteiger partial charge in [0.2, 0.25) is 0 Å². The number of nitrogens with one attached hydrogen (secondary N) is 3. The summed E-state index contributed by atoms with van der Waals surface area (Å²) in [7, 11) is 0. The number of aliphatic hydroxyl groups excluding tert-OH is 4. The molecule has 3 fully saturated rings. The van der Waals surface area contributed by atoms with Crippen LogP contribution in [-0.4, -0.2) is 90.5 Å². The molecule has 16 heteroatoms. The van der Waals surface area contributed by atoms with E-state index in [-0.39, 0.29) is 99.9 Å². The van der Waals surface area contributed by atoms with Crippen LogP contribution < -0.4 is 31.8 Å². The second-order valence-electron chi connectivity index (χ2n) is 29.1. The predicted molar refractivity (Wildman–Crippen MR) is 335 cm³/mol. The Morgan fingerprint density at radius 2 is 1.79 bits per heavy atom. The minimum atomic E-state index is -1.62. The third kappa shape index (κ3) is 8.86. The van der Waals surface area contributed by atoms with Gasteiger partial charge in [0.15, 0.2) is 5.43 Å². The Kier molecular flexibility index (Phi) is 14.2. The van der Waals surface area contributed by atoms with Crippen LogP contribution >= 0.6 is 0 Å². The third-order valence-corrected chi connectivity index (χ3v) is 24.0. The fourth-order valence-electron chi connectivity index (χ4n) is 20.4. The van der Waals surface area contributed by atoms with E-state index in [2.05, 4.69) is 73.3 Å². The van der Waals surface area contributed by atoms with Crippen LogP contribution in [0.2, 0.25) is 0 Å². The van der Waals surface area contributed by atoms with Crippen LogP contribution in [0.25, 0.3) is 11.0 Å². The topological polar surface area (TPSA) is 269 Å². The average Bonchev–Trinajstić information content (AvgIpc) is 1.67. The summed E-state index contributed by atoms with van der Waals surface area (Å²) in [5, 5.41) is 95.5. The molecule has 12 N–H and O–H groups in total. The number of aliphatic hydroxyl groups is 5. The standard InChI is InChI=1S/C73H86N4O12/c1-6-54(73(86)29-52-44-18-20-72(30-56(44)73)28-37(23-40(81)22-34(2)3)64(83)49-9-7-8-46(52)63(49)72)70(85)88-58-27-51-65(84)61-57(82)26-41(32-78)87-67(61)62-59-48-19-21-75-68(74)60(48)45(15-12-36-11-13-39(80)25-50(36)53(59)33-79)43-17-16-42-38(24-55(43)71(58,5)89-66(51)62)31-76-69-47(42)14-10-35(4)77-69/h6-11,13-14,19,25-26,31,34-35,37,40,43-45,52-53,55-56,58-59,64,69,75-81,83-84,86H,12,15-18,20-24,27-30,32-33,74H2,1-5H3. The van der Waals surface area contributed by atoms with Gasteiger partial charge >= 0.3 is 5.97 Å². The number of esters is 1. The molecular weight excluding hydrogens is 1120 g/mol. The molecule has 8 bridgehead atoms. The minimum absolute atomic E-state index is 0.0150. The Bertz CT molecular complexity index is 3890. The van der Waals surface area contributed by atoms with Crippen molar-refractivity contribution in [3.05, 3.63) is 167 Å². The van der Waals surface area contributed by atoms with Crippen molar-refractivity contribution < 1.29 is 54.4 Å². The van der Waals surface area contributed by atoms with E-state index in [1.54, 1.807) is 25.1 Å². The van der Waals surface area contributed by atoms with Crippen LogP contribution in [0.15, 0.2) is 121 Å². The minimum Gasteiger partial charge on any atom is -0.508 e. The molecule has 5 aliphatic heterocycles. The summed E-state index contributed by atoms with van der Waals surface area (Å²) in [6, 6.07) is 12.9. The van der Waals surface area contributed by atoms with E-state index in [0.717, 1.165) is 51.8 Å². The second-order valence-corrected chi connectivity index (χ2v) is 29.1. The molecule has 3 aromatic carbocycles. The molecule has 12 aliphatic rings. The number of allylic oxidation sites excluding steroid dienone is 5. The molecule has 470 valence electrons. The lowest BCUT2D eigenvalue weighted by atomic mass is 9.54. The second kappa shape index (κ2) is 21.5. The van der Waals surface area contributed by atoms with Crippen molar-refractivity contribution in [3.63, 3.8) is 0 Å². The molecule has 3 saturated carbocycles. The van der Waals surface area contributed by atoms with Crippen LogP contribution in [0.5, 0.6) is 17.2 Å². The number of hydrogen-bond acceptors (Lipinski definition) is 16. The van der Waals surface area contributed by atoms with Crippen LogP contribution in [-0.2, 0) is 34.4 Å². The predicted octanol–water partition coefficient (Wildman–Crippen LogP) is 8.89. The highest BCUT2D eigenvalue weighted by atomic mass is 16.6. The smallest absolute Gasteiger partial charge is 0.337 e. The molecule has 4 aromatic rings. The first-order valence-electron chi connectivity index (χ1n) is 33.0. The van der Waals surface area contributed by atoms with E-state index >= 15 is 4.79 Å². The van der Waals surface area contributed by atoms with E-state index in [1.165, 1.54) is 17.2 Å². The number of carbonyl (C=O) groups excluding carboxylic acids is 1. The van der Waals surface area contributed by atoms with E-state index in [9.17, 15) is 40.5 Å². The quantitative estimate of drug-likeness (QED) is 0.0552. The number of phenolic OH excluding ortho intramolecular Hbond substituents is 2. The highest BCUT2D eigenvalue weighted by Crippen LogP contribution is 2.70. The lowest BCUT2D eigenvalue weighted by Gasteiger charge is -2.53. The first-order chi connectivity index (χ1) is 42.8. The molecule has 89 heavy (non-hydrogen) atoms. The fraction of sp³-hybridized carbons (Fsp3) is 0.534. The van der Waals surface area contributed by atoms with E-state index in [1.807, 2.05) is 19.1 Å². The molecule has 17 atom stereocenters. The summed E-state index contributed by atoms with van der Waals surface area (Å²) in [5.41, 5.74) is 14.1. The van der Waals surface area contributed by atoms with Crippen molar-refractivity contribution in [1.29, 1.82) is 0 Å². The van der Waals surface area contributed by atoms with Crippen LogP contribution in [0, 0.1) is 41.4 Å². The number of rotatable bonds is 9. The molecule has 0 radical (unpaired) electrons.